The topological polar surface area (TPSA) is 68.2 Å². The fourth-order valence-electron chi connectivity index (χ4n) is 2.96. The van der Waals surface area contributed by atoms with E-state index in [2.05, 4.69) is 9.97 Å². The molecule has 4 rings (SSSR count). The van der Waals surface area contributed by atoms with Crippen molar-refractivity contribution in [1.82, 2.24) is 19.9 Å². The molecule has 1 amide bonds. The number of amides is 1. The lowest BCUT2D eigenvalue weighted by Crippen LogP contribution is -2.32. The minimum absolute atomic E-state index is 0.0222. The van der Waals surface area contributed by atoms with Crippen LogP contribution in [0.15, 0.2) is 55.1 Å². The molecule has 130 valence electrons. The summed E-state index contributed by atoms with van der Waals surface area (Å²) in [6.45, 7) is 3.01. The third kappa shape index (κ3) is 3.26. The first-order chi connectivity index (χ1) is 12.7. The minimum atomic E-state index is -0.0455. The largest absolute Gasteiger partial charge is 0.482 e. The Morgan fingerprint density at radius 2 is 1.92 bits per heavy atom. The molecule has 3 aromatic rings. The molecule has 6 nitrogen and oxygen atoms in total. The fourth-order valence-corrected chi connectivity index (χ4v) is 2.96. The van der Waals surface area contributed by atoms with Crippen molar-refractivity contribution < 1.29 is 9.53 Å². The van der Waals surface area contributed by atoms with Crippen LogP contribution in [0.5, 0.6) is 5.75 Å². The first-order valence-electron chi connectivity index (χ1n) is 8.41. The number of fused-ring (bicyclic) bond motifs is 1. The van der Waals surface area contributed by atoms with Gasteiger partial charge in [0.25, 0.3) is 5.91 Å². The van der Waals surface area contributed by atoms with E-state index in [1.54, 1.807) is 17.3 Å². The molecule has 3 heterocycles. The maximum absolute atomic E-state index is 12.5. The van der Waals surface area contributed by atoms with Gasteiger partial charge in [-0.3, -0.25) is 4.79 Å². The average Bonchev–Trinajstić information content (AvgIpc) is 2.83. The molecular weight excluding hydrogens is 328 g/mol. The smallest absolute Gasteiger partial charge is 0.261 e. The third-order valence-corrected chi connectivity index (χ3v) is 4.46. The van der Waals surface area contributed by atoms with Crippen LogP contribution in [-0.4, -0.2) is 32.4 Å². The van der Waals surface area contributed by atoms with Crippen molar-refractivity contribution in [1.29, 1.82) is 0 Å². The van der Waals surface area contributed by atoms with Crippen LogP contribution in [-0.2, 0) is 17.9 Å². The molecule has 0 saturated carbocycles. The van der Waals surface area contributed by atoms with Gasteiger partial charge in [0.15, 0.2) is 6.61 Å². The monoisotopic (exact) mass is 346 g/mol. The van der Waals surface area contributed by atoms with Crippen molar-refractivity contribution in [2.24, 2.45) is 0 Å². The van der Waals surface area contributed by atoms with Crippen LogP contribution < -0.4 is 4.74 Å². The molecule has 0 N–H and O–H groups in total. The normalized spacial score (nSPS) is 13.7. The van der Waals surface area contributed by atoms with E-state index >= 15 is 0 Å². The molecule has 0 aliphatic carbocycles. The van der Waals surface area contributed by atoms with E-state index in [-0.39, 0.29) is 12.5 Å². The number of nitrogens with zero attached hydrogens (tertiary/aromatic N) is 4. The number of hydrogen-bond acceptors (Lipinski definition) is 5. The second-order valence-electron chi connectivity index (χ2n) is 6.23. The Labute approximate surface area is 151 Å². The summed E-state index contributed by atoms with van der Waals surface area (Å²) in [5.41, 5.74) is 4.62. The minimum Gasteiger partial charge on any atom is -0.482 e. The van der Waals surface area contributed by atoms with Crippen LogP contribution >= 0.6 is 0 Å². The number of aromatic nitrogens is 3. The van der Waals surface area contributed by atoms with Gasteiger partial charge in [0.2, 0.25) is 0 Å². The zero-order valence-electron chi connectivity index (χ0n) is 14.4. The Hall–Kier alpha value is -3.28. The Kier molecular flexibility index (Phi) is 4.31. The summed E-state index contributed by atoms with van der Waals surface area (Å²) < 4.78 is 5.66. The molecule has 0 unspecified atom stereocenters. The molecule has 0 saturated heterocycles. The average molecular weight is 346 g/mol. The lowest BCUT2D eigenvalue weighted by Gasteiger charge is -2.21. The van der Waals surface area contributed by atoms with E-state index in [4.69, 9.17) is 9.72 Å². The van der Waals surface area contributed by atoms with E-state index in [0.29, 0.717) is 18.8 Å². The van der Waals surface area contributed by atoms with Crippen molar-refractivity contribution >= 4 is 5.91 Å². The van der Waals surface area contributed by atoms with E-state index in [1.807, 2.05) is 43.3 Å². The molecule has 2 aromatic heterocycles. The zero-order valence-corrected chi connectivity index (χ0v) is 14.4. The van der Waals surface area contributed by atoms with Gasteiger partial charge < -0.3 is 9.64 Å². The molecule has 1 aliphatic rings. The molecule has 0 fully saturated rings. The summed E-state index contributed by atoms with van der Waals surface area (Å²) in [5.74, 6) is 0.599. The summed E-state index contributed by atoms with van der Waals surface area (Å²) in [6, 6.07) is 11.8. The molecule has 1 aliphatic heterocycles. The highest BCUT2D eigenvalue weighted by Gasteiger charge is 2.23. The van der Waals surface area contributed by atoms with E-state index in [9.17, 15) is 4.79 Å². The Morgan fingerprint density at radius 3 is 2.73 bits per heavy atom. The first-order valence-corrected chi connectivity index (χ1v) is 8.41. The van der Waals surface area contributed by atoms with Crippen molar-refractivity contribution in [3.05, 3.63) is 71.9 Å². The number of carbonyl (C=O) groups is 1. The summed E-state index contributed by atoms with van der Waals surface area (Å²) in [7, 11) is 0. The lowest BCUT2D eigenvalue weighted by molar-refractivity contribution is -0.133. The second-order valence-corrected chi connectivity index (χ2v) is 6.23. The molecule has 1 aromatic carbocycles. The van der Waals surface area contributed by atoms with Gasteiger partial charge in [-0.2, -0.15) is 0 Å². The van der Waals surface area contributed by atoms with Crippen LogP contribution in [0.2, 0.25) is 0 Å². The number of benzene rings is 1. The number of pyridine rings is 1. The number of hydrogen-bond donors (Lipinski definition) is 0. The Morgan fingerprint density at radius 1 is 1.12 bits per heavy atom. The van der Waals surface area contributed by atoms with Gasteiger partial charge in [0.1, 0.15) is 17.8 Å². The second kappa shape index (κ2) is 6.92. The van der Waals surface area contributed by atoms with Gasteiger partial charge in [-0.05, 0) is 30.2 Å². The van der Waals surface area contributed by atoms with Gasteiger partial charge >= 0.3 is 0 Å². The van der Waals surface area contributed by atoms with Crippen molar-refractivity contribution in [3.63, 3.8) is 0 Å². The van der Waals surface area contributed by atoms with Crippen LogP contribution in [0.1, 0.15) is 16.8 Å². The van der Waals surface area contributed by atoms with Crippen LogP contribution in [0.25, 0.3) is 11.3 Å². The molecular formula is C20H18N4O2. The van der Waals surface area contributed by atoms with Gasteiger partial charge in [0.05, 0.1) is 12.2 Å². The summed E-state index contributed by atoms with van der Waals surface area (Å²) in [4.78, 5) is 27.1. The van der Waals surface area contributed by atoms with Crippen LogP contribution in [0, 0.1) is 6.92 Å². The van der Waals surface area contributed by atoms with Crippen molar-refractivity contribution in [2.45, 2.75) is 20.0 Å². The maximum atomic E-state index is 12.5. The lowest BCUT2D eigenvalue weighted by atomic mass is 10.1. The number of rotatable bonds is 3. The van der Waals surface area contributed by atoms with E-state index in [0.717, 1.165) is 28.1 Å². The number of aryl methyl sites for hydroxylation is 1. The van der Waals surface area contributed by atoms with Gasteiger partial charge in [-0.25, -0.2) is 15.0 Å². The third-order valence-electron chi connectivity index (χ3n) is 4.46. The molecule has 0 bridgehead atoms. The Balaban J connectivity index is 1.65. The molecule has 26 heavy (non-hydrogen) atoms. The fraction of sp³-hybridized carbons (Fsp3) is 0.200. The highest BCUT2D eigenvalue weighted by Crippen LogP contribution is 2.26. The molecule has 0 radical (unpaired) electrons. The highest BCUT2D eigenvalue weighted by molar-refractivity contribution is 5.78. The van der Waals surface area contributed by atoms with Crippen LogP contribution in [0.4, 0.5) is 0 Å². The predicted molar refractivity (Wildman–Crippen MR) is 96.2 cm³/mol. The standard InChI is InChI=1S/C20H18N4O2/c1-14-4-2-3-5-15(14)10-24-11-18-19(26-12-20(24)25)7-6-17(23-18)16-8-21-13-22-9-16/h2-9,13H,10-12H2,1H3. The zero-order chi connectivity index (χ0) is 17.9. The van der Waals surface area contributed by atoms with Gasteiger partial charge in [-0.15, -0.1) is 0 Å². The quantitative estimate of drug-likeness (QED) is 0.729. The number of ether oxygens (including phenoxy) is 1. The van der Waals surface area contributed by atoms with Crippen molar-refractivity contribution in [2.75, 3.05) is 6.61 Å². The maximum Gasteiger partial charge on any atom is 0.261 e. The van der Waals surface area contributed by atoms with E-state index < -0.39 is 0 Å². The van der Waals surface area contributed by atoms with Crippen LogP contribution in [0.3, 0.4) is 0 Å². The first kappa shape index (κ1) is 16.2. The predicted octanol–water partition coefficient (Wildman–Crippen LogP) is 2.77. The van der Waals surface area contributed by atoms with E-state index in [1.165, 1.54) is 6.33 Å². The molecule has 0 atom stereocenters. The van der Waals surface area contributed by atoms with Crippen molar-refractivity contribution in [3.8, 4) is 17.0 Å². The highest BCUT2D eigenvalue weighted by atomic mass is 16.5. The summed E-state index contributed by atoms with van der Waals surface area (Å²) in [5, 5.41) is 0. The Bertz CT molecular complexity index is 944. The number of carbonyl (C=O) groups excluding carboxylic acids is 1. The molecule has 0 spiro atoms. The van der Waals surface area contributed by atoms with Gasteiger partial charge in [-0.1, -0.05) is 24.3 Å². The summed E-state index contributed by atoms with van der Waals surface area (Å²) >= 11 is 0. The SMILES string of the molecule is Cc1ccccc1CN1Cc2nc(-c3cncnc3)ccc2OCC1=O. The molecule has 6 heteroatoms. The summed E-state index contributed by atoms with van der Waals surface area (Å²) in [6.07, 6.45) is 4.92. The van der Waals surface area contributed by atoms with Gasteiger partial charge in [0, 0.05) is 24.5 Å².